The van der Waals surface area contributed by atoms with Gasteiger partial charge < -0.3 is 11.1 Å². The summed E-state index contributed by atoms with van der Waals surface area (Å²) in [5, 5.41) is 4.27. The van der Waals surface area contributed by atoms with Crippen molar-refractivity contribution in [2.75, 3.05) is 13.1 Å². The summed E-state index contributed by atoms with van der Waals surface area (Å²) in [4.78, 5) is 0. The maximum atomic E-state index is 6.62. The highest BCUT2D eigenvalue weighted by Gasteiger charge is 2.53. The molecule has 3 heteroatoms. The van der Waals surface area contributed by atoms with Crippen LogP contribution in [0, 0.1) is 12.3 Å². The van der Waals surface area contributed by atoms with Crippen molar-refractivity contribution in [3.05, 3.63) is 34.3 Å². The highest BCUT2D eigenvalue weighted by molar-refractivity contribution is 6.31. The van der Waals surface area contributed by atoms with Crippen LogP contribution in [0.3, 0.4) is 0 Å². The molecule has 98 valence electrons. The third kappa shape index (κ3) is 1.87. The highest BCUT2D eigenvalue weighted by atomic mass is 35.5. The summed E-state index contributed by atoms with van der Waals surface area (Å²) in [7, 11) is 0. The first-order valence-corrected chi connectivity index (χ1v) is 7.18. The molecule has 3 N–H and O–H groups in total. The first-order chi connectivity index (χ1) is 8.55. The van der Waals surface area contributed by atoms with Crippen LogP contribution in [0.1, 0.15) is 36.8 Å². The molecule has 0 atom stereocenters. The van der Waals surface area contributed by atoms with Gasteiger partial charge in [-0.3, -0.25) is 0 Å². The Morgan fingerprint density at radius 3 is 2.56 bits per heavy atom. The minimum absolute atomic E-state index is 0.147. The molecule has 0 aromatic heterocycles. The van der Waals surface area contributed by atoms with Crippen molar-refractivity contribution in [3.63, 3.8) is 0 Å². The summed E-state index contributed by atoms with van der Waals surface area (Å²) >= 11 is 6.21. The van der Waals surface area contributed by atoms with Crippen LogP contribution in [0.15, 0.2) is 18.2 Å². The second kappa shape index (κ2) is 4.22. The lowest BCUT2D eigenvalue weighted by atomic mass is 9.52. The molecule has 1 aliphatic heterocycles. The van der Waals surface area contributed by atoms with Gasteiger partial charge in [-0.05, 0) is 68.3 Å². The molecule has 18 heavy (non-hydrogen) atoms. The second-order valence-corrected chi connectivity index (χ2v) is 6.58. The maximum Gasteiger partial charge on any atom is 0.0438 e. The zero-order valence-corrected chi connectivity index (χ0v) is 11.7. The van der Waals surface area contributed by atoms with Gasteiger partial charge in [0.15, 0.2) is 0 Å². The zero-order chi connectivity index (χ0) is 12.8. The molecule has 1 saturated heterocycles. The van der Waals surface area contributed by atoms with Gasteiger partial charge >= 0.3 is 0 Å². The van der Waals surface area contributed by atoms with Crippen molar-refractivity contribution < 1.29 is 0 Å². The zero-order valence-electron chi connectivity index (χ0n) is 10.9. The van der Waals surface area contributed by atoms with E-state index >= 15 is 0 Å². The minimum atomic E-state index is -0.147. The normalized spacial score (nSPS) is 24.8. The van der Waals surface area contributed by atoms with E-state index in [4.69, 9.17) is 17.3 Å². The number of halogens is 1. The SMILES string of the molecule is Cc1c(Cl)cccc1C1(N)CC2(CCNCC2)C1. The molecule has 1 saturated carbocycles. The van der Waals surface area contributed by atoms with Crippen molar-refractivity contribution >= 4 is 11.6 Å². The van der Waals surface area contributed by atoms with E-state index in [0.717, 1.165) is 36.5 Å². The largest absolute Gasteiger partial charge is 0.321 e. The molecule has 0 unspecified atom stereocenters. The summed E-state index contributed by atoms with van der Waals surface area (Å²) in [6, 6.07) is 6.12. The lowest BCUT2D eigenvalue weighted by Gasteiger charge is -2.57. The van der Waals surface area contributed by atoms with Gasteiger partial charge in [-0.15, -0.1) is 0 Å². The smallest absolute Gasteiger partial charge is 0.0438 e. The van der Waals surface area contributed by atoms with Gasteiger partial charge in [0.1, 0.15) is 0 Å². The topological polar surface area (TPSA) is 38.0 Å². The molecular formula is C15H21ClN2. The summed E-state index contributed by atoms with van der Waals surface area (Å²) in [6.45, 7) is 4.37. The molecule has 1 aromatic carbocycles. The predicted molar refractivity (Wildman–Crippen MR) is 75.8 cm³/mol. The molecular weight excluding hydrogens is 244 g/mol. The predicted octanol–water partition coefficient (Wildman–Crippen LogP) is 2.97. The number of hydrogen-bond donors (Lipinski definition) is 2. The van der Waals surface area contributed by atoms with Crippen LogP contribution in [0.4, 0.5) is 0 Å². The molecule has 2 aliphatic rings. The number of rotatable bonds is 1. The van der Waals surface area contributed by atoms with Crippen LogP contribution >= 0.6 is 11.6 Å². The van der Waals surface area contributed by atoms with Gasteiger partial charge in [-0.25, -0.2) is 0 Å². The summed E-state index contributed by atoms with van der Waals surface area (Å²) in [6.07, 6.45) is 4.77. The van der Waals surface area contributed by atoms with Gasteiger partial charge in [0.2, 0.25) is 0 Å². The van der Waals surface area contributed by atoms with Crippen LogP contribution in [0.2, 0.25) is 5.02 Å². The average molecular weight is 265 g/mol. The fraction of sp³-hybridized carbons (Fsp3) is 0.600. The van der Waals surface area contributed by atoms with E-state index in [1.54, 1.807) is 0 Å². The summed E-state index contributed by atoms with van der Waals surface area (Å²) < 4.78 is 0. The molecule has 1 spiro atoms. The molecule has 1 heterocycles. The lowest BCUT2D eigenvalue weighted by Crippen LogP contribution is -2.58. The van der Waals surface area contributed by atoms with Crippen molar-refractivity contribution in [2.45, 2.75) is 38.1 Å². The van der Waals surface area contributed by atoms with Gasteiger partial charge in [-0.2, -0.15) is 0 Å². The first kappa shape index (κ1) is 12.5. The monoisotopic (exact) mass is 264 g/mol. The Labute approximate surface area is 114 Å². The second-order valence-electron chi connectivity index (χ2n) is 6.17. The van der Waals surface area contributed by atoms with Gasteiger partial charge in [0, 0.05) is 10.6 Å². The number of benzene rings is 1. The number of nitrogens with one attached hydrogen (secondary N) is 1. The lowest BCUT2D eigenvalue weighted by molar-refractivity contribution is -0.00411. The minimum Gasteiger partial charge on any atom is -0.321 e. The molecule has 0 radical (unpaired) electrons. The average Bonchev–Trinajstić information content (AvgIpc) is 2.32. The molecule has 1 aromatic rings. The van der Waals surface area contributed by atoms with Gasteiger partial charge in [-0.1, -0.05) is 23.7 Å². The van der Waals surface area contributed by atoms with Crippen LogP contribution in [-0.4, -0.2) is 13.1 Å². The fourth-order valence-corrected chi connectivity index (χ4v) is 4.11. The Balaban J connectivity index is 1.84. The third-order valence-electron chi connectivity index (χ3n) is 4.85. The fourth-order valence-electron chi connectivity index (χ4n) is 3.93. The van der Waals surface area contributed by atoms with E-state index in [0.29, 0.717) is 5.41 Å². The van der Waals surface area contributed by atoms with Crippen LogP contribution < -0.4 is 11.1 Å². The number of hydrogen-bond acceptors (Lipinski definition) is 2. The molecule has 1 aliphatic carbocycles. The highest BCUT2D eigenvalue weighted by Crippen LogP contribution is 2.57. The summed E-state index contributed by atoms with van der Waals surface area (Å²) in [5.41, 5.74) is 9.38. The van der Waals surface area contributed by atoms with E-state index in [2.05, 4.69) is 18.3 Å². The van der Waals surface area contributed by atoms with Crippen molar-refractivity contribution in [3.8, 4) is 0 Å². The van der Waals surface area contributed by atoms with E-state index in [9.17, 15) is 0 Å². The molecule has 2 nitrogen and oxygen atoms in total. The molecule has 0 amide bonds. The van der Waals surface area contributed by atoms with E-state index in [1.807, 2.05) is 12.1 Å². The molecule has 3 rings (SSSR count). The summed E-state index contributed by atoms with van der Waals surface area (Å²) in [5.74, 6) is 0. The van der Waals surface area contributed by atoms with Crippen molar-refractivity contribution in [1.82, 2.24) is 5.32 Å². The van der Waals surface area contributed by atoms with Crippen LogP contribution in [-0.2, 0) is 5.54 Å². The van der Waals surface area contributed by atoms with Gasteiger partial charge in [0.05, 0.1) is 0 Å². The van der Waals surface area contributed by atoms with Crippen LogP contribution in [0.5, 0.6) is 0 Å². The Morgan fingerprint density at radius 2 is 1.89 bits per heavy atom. The Hall–Kier alpha value is -0.570. The maximum absolute atomic E-state index is 6.62. The molecule has 2 fully saturated rings. The van der Waals surface area contributed by atoms with E-state index in [-0.39, 0.29) is 5.54 Å². The van der Waals surface area contributed by atoms with E-state index < -0.39 is 0 Å². The first-order valence-electron chi connectivity index (χ1n) is 6.80. The number of piperidine rings is 1. The number of nitrogens with two attached hydrogens (primary N) is 1. The van der Waals surface area contributed by atoms with Crippen molar-refractivity contribution in [1.29, 1.82) is 0 Å². The van der Waals surface area contributed by atoms with E-state index in [1.165, 1.54) is 18.4 Å². The standard InChI is InChI=1S/C15H21ClN2/c1-11-12(3-2-4-13(11)16)15(17)9-14(10-15)5-7-18-8-6-14/h2-4,18H,5-10,17H2,1H3. The van der Waals surface area contributed by atoms with Gasteiger partial charge in [0.25, 0.3) is 0 Å². The van der Waals surface area contributed by atoms with Crippen LogP contribution in [0.25, 0.3) is 0 Å². The quantitative estimate of drug-likeness (QED) is 0.818. The van der Waals surface area contributed by atoms with Crippen molar-refractivity contribution in [2.24, 2.45) is 11.1 Å². The Morgan fingerprint density at radius 1 is 1.22 bits per heavy atom. The third-order valence-corrected chi connectivity index (χ3v) is 5.26. The Kier molecular flexibility index (Phi) is 2.92. The Bertz CT molecular complexity index is 456. The molecule has 0 bridgehead atoms.